The van der Waals surface area contributed by atoms with Gasteiger partial charge in [-0.2, -0.15) is 0 Å². The number of nitrogens with zero attached hydrogens (tertiary/aromatic N) is 1. The van der Waals surface area contributed by atoms with Gasteiger partial charge in [0.15, 0.2) is 0 Å². The average molecular weight is 315 g/mol. The molecule has 98 valence electrons. The van der Waals surface area contributed by atoms with Crippen LogP contribution in [0.25, 0.3) is 0 Å². The number of rotatable bonds is 2. The van der Waals surface area contributed by atoms with E-state index in [1.54, 1.807) is 11.0 Å². The summed E-state index contributed by atoms with van der Waals surface area (Å²) < 4.78 is 13.8. The number of carbonyl (C=O) groups excluding carboxylic acids is 1. The molecule has 0 bridgehead atoms. The second-order valence-electron chi connectivity index (χ2n) is 4.87. The van der Waals surface area contributed by atoms with Crippen LogP contribution >= 0.6 is 15.9 Å². The van der Waals surface area contributed by atoms with Crippen LogP contribution in [0.4, 0.5) is 4.39 Å². The van der Waals surface area contributed by atoms with Gasteiger partial charge in [-0.05, 0) is 31.5 Å². The summed E-state index contributed by atoms with van der Waals surface area (Å²) in [7, 11) is 0. The van der Waals surface area contributed by atoms with Crippen LogP contribution in [0.3, 0.4) is 0 Å². The maximum absolute atomic E-state index is 13.1. The topological polar surface area (TPSA) is 46.3 Å². The smallest absolute Gasteiger partial charge is 0.225 e. The zero-order valence-corrected chi connectivity index (χ0v) is 11.9. The lowest BCUT2D eigenvalue weighted by atomic mass is 10.00. The molecule has 2 atom stereocenters. The summed E-state index contributed by atoms with van der Waals surface area (Å²) in [5.74, 6) is -0.252. The van der Waals surface area contributed by atoms with E-state index < -0.39 is 0 Å². The lowest BCUT2D eigenvalue weighted by Gasteiger charge is -2.31. The van der Waals surface area contributed by atoms with Crippen molar-refractivity contribution in [3.63, 3.8) is 0 Å². The number of hydrogen-bond donors (Lipinski definition) is 1. The monoisotopic (exact) mass is 314 g/mol. The van der Waals surface area contributed by atoms with Gasteiger partial charge in [0.1, 0.15) is 5.82 Å². The van der Waals surface area contributed by atoms with Crippen molar-refractivity contribution in [3.8, 4) is 0 Å². The minimum absolute atomic E-state index is 0.0544. The second kappa shape index (κ2) is 4.97. The number of nitrogens with two attached hydrogens (primary N) is 1. The SMILES string of the molecule is CC(C)N1C(=O)CC(N)C1c1ccc(F)cc1Br. The van der Waals surface area contributed by atoms with Crippen LogP contribution in [0.1, 0.15) is 31.9 Å². The van der Waals surface area contributed by atoms with Crippen LogP contribution in [-0.4, -0.2) is 22.9 Å². The highest BCUT2D eigenvalue weighted by Crippen LogP contribution is 2.37. The van der Waals surface area contributed by atoms with Crippen LogP contribution in [0, 0.1) is 5.82 Å². The lowest BCUT2D eigenvalue weighted by molar-refractivity contribution is -0.130. The van der Waals surface area contributed by atoms with Gasteiger partial charge in [-0.3, -0.25) is 4.79 Å². The van der Waals surface area contributed by atoms with E-state index in [9.17, 15) is 9.18 Å². The largest absolute Gasteiger partial charge is 0.332 e. The number of hydrogen-bond acceptors (Lipinski definition) is 2. The summed E-state index contributed by atoms with van der Waals surface area (Å²) in [5, 5.41) is 0. The summed E-state index contributed by atoms with van der Waals surface area (Å²) in [6, 6.07) is 4.14. The van der Waals surface area contributed by atoms with Crippen molar-refractivity contribution in [1.82, 2.24) is 4.90 Å². The van der Waals surface area contributed by atoms with Crippen molar-refractivity contribution in [2.75, 3.05) is 0 Å². The number of likely N-dealkylation sites (tertiary alicyclic amines) is 1. The first kappa shape index (κ1) is 13.5. The Bertz CT molecular complexity index is 478. The Morgan fingerprint density at radius 2 is 2.17 bits per heavy atom. The maximum Gasteiger partial charge on any atom is 0.225 e. The third-order valence-corrected chi connectivity index (χ3v) is 3.93. The highest BCUT2D eigenvalue weighted by molar-refractivity contribution is 9.10. The van der Waals surface area contributed by atoms with Crippen LogP contribution in [-0.2, 0) is 4.79 Å². The van der Waals surface area contributed by atoms with Gasteiger partial charge in [0.2, 0.25) is 5.91 Å². The molecule has 0 aliphatic carbocycles. The van der Waals surface area contributed by atoms with E-state index in [1.165, 1.54) is 12.1 Å². The molecule has 3 nitrogen and oxygen atoms in total. The van der Waals surface area contributed by atoms with Crippen LogP contribution in [0.2, 0.25) is 0 Å². The number of benzene rings is 1. The lowest BCUT2D eigenvalue weighted by Crippen LogP contribution is -2.37. The Labute approximate surface area is 114 Å². The fraction of sp³-hybridized carbons (Fsp3) is 0.462. The molecule has 2 N–H and O–H groups in total. The minimum atomic E-state index is -0.306. The molecule has 0 aromatic heterocycles. The van der Waals surface area contributed by atoms with Gasteiger partial charge in [-0.1, -0.05) is 22.0 Å². The molecular weight excluding hydrogens is 299 g/mol. The van der Waals surface area contributed by atoms with Gasteiger partial charge in [0.25, 0.3) is 0 Å². The molecule has 0 saturated carbocycles. The predicted octanol–water partition coefficient (Wildman–Crippen LogP) is 2.60. The van der Waals surface area contributed by atoms with Crippen molar-refractivity contribution < 1.29 is 9.18 Å². The van der Waals surface area contributed by atoms with Crippen molar-refractivity contribution >= 4 is 21.8 Å². The van der Waals surface area contributed by atoms with Gasteiger partial charge in [-0.15, -0.1) is 0 Å². The number of carbonyl (C=O) groups is 1. The summed E-state index contributed by atoms with van der Waals surface area (Å²) in [6.07, 6.45) is 0.340. The Morgan fingerprint density at radius 3 is 2.72 bits per heavy atom. The average Bonchev–Trinajstić information content (AvgIpc) is 2.53. The van der Waals surface area contributed by atoms with Gasteiger partial charge in [-0.25, -0.2) is 4.39 Å². The molecule has 1 heterocycles. The fourth-order valence-electron chi connectivity index (χ4n) is 2.51. The number of halogens is 2. The first-order valence-electron chi connectivity index (χ1n) is 5.93. The van der Waals surface area contributed by atoms with Gasteiger partial charge >= 0.3 is 0 Å². The molecule has 0 spiro atoms. The summed E-state index contributed by atoms with van der Waals surface area (Å²) in [6.45, 7) is 3.92. The zero-order valence-electron chi connectivity index (χ0n) is 10.4. The molecule has 1 amide bonds. The zero-order chi connectivity index (χ0) is 13.4. The minimum Gasteiger partial charge on any atom is -0.332 e. The van der Waals surface area contributed by atoms with E-state index in [-0.39, 0.29) is 29.8 Å². The van der Waals surface area contributed by atoms with Gasteiger partial charge < -0.3 is 10.6 Å². The highest BCUT2D eigenvalue weighted by Gasteiger charge is 2.40. The Balaban J connectivity index is 2.43. The molecule has 5 heteroatoms. The predicted molar refractivity (Wildman–Crippen MR) is 71.4 cm³/mol. The standard InChI is InChI=1S/C13H16BrFN2O/c1-7(2)17-12(18)6-11(16)13(17)9-4-3-8(15)5-10(9)14/h3-5,7,11,13H,6,16H2,1-2H3. The molecule has 2 rings (SSSR count). The Kier molecular flexibility index (Phi) is 3.73. The van der Waals surface area contributed by atoms with E-state index in [2.05, 4.69) is 15.9 Å². The number of amides is 1. The first-order valence-corrected chi connectivity index (χ1v) is 6.72. The second-order valence-corrected chi connectivity index (χ2v) is 5.73. The molecule has 1 aromatic carbocycles. The van der Waals surface area contributed by atoms with Crippen LogP contribution < -0.4 is 5.73 Å². The molecule has 2 unspecified atom stereocenters. The van der Waals surface area contributed by atoms with E-state index in [4.69, 9.17) is 5.73 Å². The van der Waals surface area contributed by atoms with Crippen molar-refractivity contribution in [2.24, 2.45) is 5.73 Å². The third-order valence-electron chi connectivity index (χ3n) is 3.24. The van der Waals surface area contributed by atoms with Gasteiger partial charge in [0.05, 0.1) is 6.04 Å². The summed E-state index contributed by atoms with van der Waals surface area (Å²) in [5.41, 5.74) is 6.92. The normalized spacial score (nSPS) is 24.1. The molecule has 1 saturated heterocycles. The van der Waals surface area contributed by atoms with Crippen LogP contribution in [0.15, 0.2) is 22.7 Å². The Hall–Kier alpha value is -0.940. The van der Waals surface area contributed by atoms with E-state index in [0.29, 0.717) is 10.9 Å². The molecule has 1 aliphatic heterocycles. The first-order chi connectivity index (χ1) is 8.41. The van der Waals surface area contributed by atoms with E-state index in [0.717, 1.165) is 5.56 Å². The molecule has 18 heavy (non-hydrogen) atoms. The summed E-state index contributed by atoms with van der Waals surface area (Å²) in [4.78, 5) is 13.7. The molecule has 1 aromatic rings. The highest BCUT2D eigenvalue weighted by atomic mass is 79.9. The quantitative estimate of drug-likeness (QED) is 0.912. The molecule has 1 fully saturated rings. The fourth-order valence-corrected chi connectivity index (χ4v) is 3.10. The third kappa shape index (κ3) is 2.29. The Morgan fingerprint density at radius 1 is 1.50 bits per heavy atom. The van der Waals surface area contributed by atoms with Crippen molar-refractivity contribution in [3.05, 3.63) is 34.1 Å². The molecule has 1 aliphatic rings. The summed E-state index contributed by atoms with van der Waals surface area (Å²) >= 11 is 3.35. The van der Waals surface area contributed by atoms with E-state index in [1.807, 2.05) is 13.8 Å². The molecular formula is C13H16BrFN2O. The van der Waals surface area contributed by atoms with E-state index >= 15 is 0 Å². The van der Waals surface area contributed by atoms with Crippen molar-refractivity contribution in [1.29, 1.82) is 0 Å². The van der Waals surface area contributed by atoms with Crippen LogP contribution in [0.5, 0.6) is 0 Å². The van der Waals surface area contributed by atoms with Gasteiger partial charge in [0, 0.05) is 23.0 Å². The molecule has 0 radical (unpaired) electrons. The van der Waals surface area contributed by atoms with Crippen molar-refractivity contribution in [2.45, 2.75) is 38.4 Å². The maximum atomic E-state index is 13.1.